The Balaban J connectivity index is 1.85. The van der Waals surface area contributed by atoms with Gasteiger partial charge in [-0.1, -0.05) is 49.7 Å². The SMILES string of the molecule is CCC1CCC(CN)C(Oc2cccc3ccccc23)C1. The fraction of sp³-hybridized carbons (Fsp3) is 0.474. The van der Waals surface area contributed by atoms with Crippen LogP contribution in [-0.2, 0) is 0 Å². The van der Waals surface area contributed by atoms with Crippen LogP contribution < -0.4 is 10.5 Å². The van der Waals surface area contributed by atoms with E-state index in [0.717, 1.165) is 24.6 Å². The maximum Gasteiger partial charge on any atom is 0.127 e. The second kappa shape index (κ2) is 6.48. The molecule has 0 saturated heterocycles. The molecule has 0 bridgehead atoms. The molecule has 0 amide bonds. The van der Waals surface area contributed by atoms with Gasteiger partial charge in [-0.3, -0.25) is 0 Å². The highest BCUT2D eigenvalue weighted by Crippen LogP contribution is 2.35. The highest BCUT2D eigenvalue weighted by atomic mass is 16.5. The standard InChI is InChI=1S/C19H25NO/c1-2-14-10-11-16(13-20)19(12-14)21-18-9-5-7-15-6-3-4-8-17(15)18/h3-9,14,16,19H,2,10-13,20H2,1H3. The molecule has 0 aliphatic heterocycles. The van der Waals surface area contributed by atoms with Crippen molar-refractivity contribution in [1.29, 1.82) is 0 Å². The van der Waals surface area contributed by atoms with Crippen molar-refractivity contribution >= 4 is 10.8 Å². The Morgan fingerprint density at radius 2 is 1.90 bits per heavy atom. The van der Waals surface area contributed by atoms with Crippen LogP contribution in [0.2, 0.25) is 0 Å². The summed E-state index contributed by atoms with van der Waals surface area (Å²) in [6.07, 6.45) is 5.14. The Kier molecular flexibility index (Phi) is 4.45. The molecule has 0 radical (unpaired) electrons. The molecule has 1 saturated carbocycles. The number of benzene rings is 2. The molecule has 2 nitrogen and oxygen atoms in total. The van der Waals surface area contributed by atoms with Crippen LogP contribution in [0.5, 0.6) is 5.75 Å². The van der Waals surface area contributed by atoms with Crippen LogP contribution in [0.15, 0.2) is 42.5 Å². The monoisotopic (exact) mass is 283 g/mol. The van der Waals surface area contributed by atoms with Crippen LogP contribution in [0.3, 0.4) is 0 Å². The van der Waals surface area contributed by atoms with Crippen molar-refractivity contribution in [1.82, 2.24) is 0 Å². The molecule has 21 heavy (non-hydrogen) atoms. The third-order valence-electron chi connectivity index (χ3n) is 4.95. The van der Waals surface area contributed by atoms with Crippen LogP contribution in [0.1, 0.15) is 32.6 Å². The third-order valence-corrected chi connectivity index (χ3v) is 4.95. The fourth-order valence-electron chi connectivity index (χ4n) is 3.52. The van der Waals surface area contributed by atoms with E-state index < -0.39 is 0 Å². The molecule has 3 atom stereocenters. The Hall–Kier alpha value is -1.54. The number of nitrogens with two attached hydrogens (primary N) is 1. The zero-order valence-corrected chi connectivity index (χ0v) is 12.8. The van der Waals surface area contributed by atoms with Crippen molar-refractivity contribution in [2.45, 2.75) is 38.7 Å². The van der Waals surface area contributed by atoms with E-state index in [9.17, 15) is 0 Å². The van der Waals surface area contributed by atoms with E-state index in [2.05, 4.69) is 49.4 Å². The summed E-state index contributed by atoms with van der Waals surface area (Å²) in [5.74, 6) is 2.29. The molecule has 2 aromatic rings. The summed E-state index contributed by atoms with van der Waals surface area (Å²) in [6, 6.07) is 14.7. The molecule has 3 rings (SSSR count). The topological polar surface area (TPSA) is 35.2 Å². The van der Waals surface area contributed by atoms with Gasteiger partial charge in [-0.2, -0.15) is 0 Å². The van der Waals surface area contributed by atoms with Gasteiger partial charge in [-0.05, 0) is 43.2 Å². The minimum atomic E-state index is 0.263. The van der Waals surface area contributed by atoms with Crippen LogP contribution in [0.25, 0.3) is 10.8 Å². The molecular formula is C19H25NO. The highest BCUT2D eigenvalue weighted by molar-refractivity contribution is 5.88. The average Bonchev–Trinajstić information content (AvgIpc) is 2.55. The van der Waals surface area contributed by atoms with E-state index in [1.165, 1.54) is 30.0 Å². The van der Waals surface area contributed by atoms with E-state index in [1.807, 2.05) is 0 Å². The van der Waals surface area contributed by atoms with Crippen molar-refractivity contribution in [3.8, 4) is 5.75 Å². The average molecular weight is 283 g/mol. The summed E-state index contributed by atoms with van der Waals surface area (Å²) in [5.41, 5.74) is 5.97. The summed E-state index contributed by atoms with van der Waals surface area (Å²) < 4.78 is 6.42. The van der Waals surface area contributed by atoms with Crippen LogP contribution in [-0.4, -0.2) is 12.6 Å². The molecule has 3 unspecified atom stereocenters. The maximum absolute atomic E-state index is 6.42. The Labute approximate surface area is 127 Å². The first-order valence-electron chi connectivity index (χ1n) is 8.16. The van der Waals surface area contributed by atoms with Gasteiger partial charge in [0.05, 0.1) is 0 Å². The van der Waals surface area contributed by atoms with Gasteiger partial charge in [-0.15, -0.1) is 0 Å². The molecule has 0 aromatic heterocycles. The number of fused-ring (bicyclic) bond motifs is 1. The zero-order valence-electron chi connectivity index (χ0n) is 12.8. The van der Waals surface area contributed by atoms with Gasteiger partial charge in [0.2, 0.25) is 0 Å². The Morgan fingerprint density at radius 3 is 2.71 bits per heavy atom. The lowest BCUT2D eigenvalue weighted by molar-refractivity contribution is 0.0697. The van der Waals surface area contributed by atoms with Crippen molar-refractivity contribution < 1.29 is 4.74 Å². The van der Waals surface area contributed by atoms with Crippen molar-refractivity contribution in [2.75, 3.05) is 6.54 Å². The van der Waals surface area contributed by atoms with E-state index in [-0.39, 0.29) is 6.10 Å². The summed E-state index contributed by atoms with van der Waals surface area (Å²) in [6.45, 7) is 3.01. The minimum Gasteiger partial charge on any atom is -0.489 e. The van der Waals surface area contributed by atoms with Gasteiger partial charge < -0.3 is 10.5 Å². The Bertz CT molecular complexity index is 590. The van der Waals surface area contributed by atoms with Crippen molar-refractivity contribution in [3.63, 3.8) is 0 Å². The van der Waals surface area contributed by atoms with Gasteiger partial charge in [0.1, 0.15) is 11.9 Å². The smallest absolute Gasteiger partial charge is 0.127 e. The normalized spacial score (nSPS) is 25.9. The summed E-state index contributed by atoms with van der Waals surface area (Å²) >= 11 is 0. The predicted octanol–water partition coefficient (Wildman–Crippen LogP) is 4.37. The molecule has 112 valence electrons. The number of rotatable bonds is 4. The lowest BCUT2D eigenvalue weighted by Gasteiger charge is -2.35. The molecule has 0 spiro atoms. The van der Waals surface area contributed by atoms with Gasteiger partial charge >= 0.3 is 0 Å². The summed E-state index contributed by atoms with van der Waals surface area (Å²) in [5, 5.41) is 2.44. The van der Waals surface area contributed by atoms with Gasteiger partial charge in [-0.25, -0.2) is 0 Å². The molecule has 0 heterocycles. The van der Waals surface area contributed by atoms with E-state index >= 15 is 0 Å². The van der Waals surface area contributed by atoms with E-state index in [1.54, 1.807) is 0 Å². The first kappa shape index (κ1) is 14.4. The summed E-state index contributed by atoms with van der Waals surface area (Å²) in [7, 11) is 0. The number of ether oxygens (including phenoxy) is 1. The second-order valence-corrected chi connectivity index (χ2v) is 6.22. The van der Waals surface area contributed by atoms with Gasteiger partial charge in [0, 0.05) is 11.3 Å². The third kappa shape index (κ3) is 3.06. The van der Waals surface area contributed by atoms with E-state index in [4.69, 9.17) is 10.5 Å². The first-order chi connectivity index (χ1) is 10.3. The molecule has 1 fully saturated rings. The van der Waals surface area contributed by atoms with Gasteiger partial charge in [0.15, 0.2) is 0 Å². The van der Waals surface area contributed by atoms with Crippen molar-refractivity contribution in [3.05, 3.63) is 42.5 Å². The molecule has 2 aromatic carbocycles. The number of hydrogen-bond acceptors (Lipinski definition) is 2. The fourth-order valence-corrected chi connectivity index (χ4v) is 3.52. The summed E-state index contributed by atoms with van der Waals surface area (Å²) in [4.78, 5) is 0. The van der Waals surface area contributed by atoms with Crippen molar-refractivity contribution in [2.24, 2.45) is 17.6 Å². The van der Waals surface area contributed by atoms with Crippen LogP contribution in [0.4, 0.5) is 0 Å². The maximum atomic E-state index is 6.42. The van der Waals surface area contributed by atoms with Crippen LogP contribution >= 0.6 is 0 Å². The van der Waals surface area contributed by atoms with Gasteiger partial charge in [0.25, 0.3) is 0 Å². The van der Waals surface area contributed by atoms with E-state index in [0.29, 0.717) is 5.92 Å². The highest BCUT2D eigenvalue weighted by Gasteiger charge is 2.30. The molecular weight excluding hydrogens is 258 g/mol. The van der Waals surface area contributed by atoms with Crippen LogP contribution in [0, 0.1) is 11.8 Å². The Morgan fingerprint density at radius 1 is 1.10 bits per heavy atom. The molecule has 1 aliphatic rings. The largest absolute Gasteiger partial charge is 0.489 e. The zero-order chi connectivity index (χ0) is 14.7. The quantitative estimate of drug-likeness (QED) is 0.904. The second-order valence-electron chi connectivity index (χ2n) is 6.22. The molecule has 2 N–H and O–H groups in total. The minimum absolute atomic E-state index is 0.263. The molecule has 2 heteroatoms. The molecule has 1 aliphatic carbocycles. The first-order valence-corrected chi connectivity index (χ1v) is 8.16. The lowest BCUT2D eigenvalue weighted by atomic mass is 9.78. The predicted molar refractivity (Wildman–Crippen MR) is 88.5 cm³/mol. The number of hydrogen-bond donors (Lipinski definition) is 1. The lowest BCUT2D eigenvalue weighted by Crippen LogP contribution is -2.38.